The molecule has 2 aliphatic heterocycles. The quantitative estimate of drug-likeness (QED) is 0.773. The number of carbonyl (C=O) groups is 1. The second-order valence-electron chi connectivity index (χ2n) is 5.71. The average molecular weight is 285 g/mol. The lowest BCUT2D eigenvalue weighted by Gasteiger charge is -2.28. The maximum absolute atomic E-state index is 12.4. The van der Waals surface area contributed by atoms with Crippen LogP contribution in [0.2, 0.25) is 0 Å². The summed E-state index contributed by atoms with van der Waals surface area (Å²) in [5, 5.41) is 0. The summed E-state index contributed by atoms with van der Waals surface area (Å²) in [6.45, 7) is 3.91. The summed E-state index contributed by atoms with van der Waals surface area (Å²) in [5.41, 5.74) is 0. The summed E-state index contributed by atoms with van der Waals surface area (Å²) in [6, 6.07) is 0. The molecule has 0 unspecified atom stereocenters. The average Bonchev–Trinajstić information content (AvgIpc) is 2.72. The van der Waals surface area contributed by atoms with Crippen LogP contribution in [0.5, 0.6) is 0 Å². The van der Waals surface area contributed by atoms with Crippen LogP contribution in [0.3, 0.4) is 0 Å². The number of nitrogens with zero attached hydrogens (tertiary/aromatic N) is 1. The van der Waals surface area contributed by atoms with E-state index in [1.54, 1.807) is 7.11 Å². The summed E-state index contributed by atoms with van der Waals surface area (Å²) in [6.07, 6.45) is 5.48. The molecule has 0 aromatic rings. The zero-order valence-electron chi connectivity index (χ0n) is 12.5. The van der Waals surface area contributed by atoms with Gasteiger partial charge in [-0.05, 0) is 31.6 Å². The molecule has 0 N–H and O–H groups in total. The van der Waals surface area contributed by atoms with Gasteiger partial charge in [0.15, 0.2) is 6.29 Å². The minimum atomic E-state index is -0.336. The molecular weight excluding hydrogens is 258 g/mol. The smallest absolute Gasteiger partial charge is 0.227 e. The number of hydrogen-bond donors (Lipinski definition) is 0. The zero-order valence-corrected chi connectivity index (χ0v) is 12.5. The summed E-state index contributed by atoms with van der Waals surface area (Å²) in [4.78, 5) is 14.4. The Kier molecular flexibility index (Phi) is 6.76. The van der Waals surface area contributed by atoms with Crippen LogP contribution in [-0.4, -0.2) is 57.1 Å². The van der Waals surface area contributed by atoms with Crippen molar-refractivity contribution in [2.24, 2.45) is 5.92 Å². The van der Waals surface area contributed by atoms with Crippen LogP contribution < -0.4 is 0 Å². The highest BCUT2D eigenvalue weighted by Crippen LogP contribution is 2.21. The molecule has 1 amide bonds. The largest absolute Gasteiger partial charge is 0.385 e. The van der Waals surface area contributed by atoms with Crippen LogP contribution >= 0.6 is 0 Å². The highest BCUT2D eigenvalue weighted by molar-refractivity contribution is 5.76. The molecule has 1 atom stereocenters. The van der Waals surface area contributed by atoms with Crippen LogP contribution in [0.4, 0.5) is 0 Å². The predicted molar refractivity (Wildman–Crippen MR) is 75.3 cm³/mol. The van der Waals surface area contributed by atoms with Crippen LogP contribution in [0, 0.1) is 5.92 Å². The Balaban J connectivity index is 1.80. The summed E-state index contributed by atoms with van der Waals surface area (Å²) in [7, 11) is 1.73. The van der Waals surface area contributed by atoms with E-state index in [1.807, 2.05) is 4.90 Å². The van der Waals surface area contributed by atoms with Crippen molar-refractivity contribution < 1.29 is 19.0 Å². The molecule has 0 bridgehead atoms. The second-order valence-corrected chi connectivity index (χ2v) is 5.71. The molecule has 2 saturated heterocycles. The molecule has 0 spiro atoms. The van der Waals surface area contributed by atoms with Crippen molar-refractivity contribution >= 4 is 5.91 Å². The van der Waals surface area contributed by atoms with E-state index in [-0.39, 0.29) is 12.2 Å². The van der Waals surface area contributed by atoms with E-state index in [0.717, 1.165) is 39.0 Å². The molecule has 5 heteroatoms. The van der Waals surface area contributed by atoms with Crippen molar-refractivity contribution in [2.75, 3.05) is 40.0 Å². The monoisotopic (exact) mass is 285 g/mol. The Morgan fingerprint density at radius 2 is 2.05 bits per heavy atom. The number of methoxy groups -OCH3 is 1. The Hall–Kier alpha value is -0.650. The molecule has 0 radical (unpaired) electrons. The number of ether oxygens (including phenoxy) is 3. The van der Waals surface area contributed by atoms with Crippen molar-refractivity contribution in [1.82, 2.24) is 4.90 Å². The van der Waals surface area contributed by atoms with Crippen LogP contribution in [-0.2, 0) is 19.0 Å². The van der Waals surface area contributed by atoms with Crippen molar-refractivity contribution in [3.63, 3.8) is 0 Å². The number of carbonyl (C=O) groups excluding carboxylic acids is 1. The van der Waals surface area contributed by atoms with Crippen LogP contribution in [0.25, 0.3) is 0 Å². The minimum absolute atomic E-state index is 0.168. The van der Waals surface area contributed by atoms with Gasteiger partial charge >= 0.3 is 0 Å². The van der Waals surface area contributed by atoms with E-state index in [0.29, 0.717) is 25.6 Å². The molecule has 2 heterocycles. The van der Waals surface area contributed by atoms with Crippen molar-refractivity contribution in [3.05, 3.63) is 0 Å². The highest BCUT2D eigenvalue weighted by Gasteiger charge is 2.25. The summed E-state index contributed by atoms with van der Waals surface area (Å²) >= 11 is 0. The van der Waals surface area contributed by atoms with E-state index in [1.165, 1.54) is 12.8 Å². The van der Waals surface area contributed by atoms with Gasteiger partial charge in [0, 0.05) is 26.8 Å². The van der Waals surface area contributed by atoms with E-state index in [4.69, 9.17) is 14.2 Å². The molecule has 0 aromatic carbocycles. The van der Waals surface area contributed by atoms with Gasteiger partial charge in [0.2, 0.25) is 5.91 Å². The Bertz CT molecular complexity index is 292. The fourth-order valence-corrected chi connectivity index (χ4v) is 2.90. The first-order valence-electron chi connectivity index (χ1n) is 7.79. The van der Waals surface area contributed by atoms with Gasteiger partial charge in [0.25, 0.3) is 0 Å². The third kappa shape index (κ3) is 5.04. The molecule has 2 rings (SSSR count). The highest BCUT2D eigenvalue weighted by atomic mass is 16.7. The fraction of sp³-hybridized carbons (Fsp3) is 0.933. The third-order valence-corrected chi connectivity index (χ3v) is 4.09. The van der Waals surface area contributed by atoms with Gasteiger partial charge in [0.1, 0.15) is 0 Å². The lowest BCUT2D eigenvalue weighted by molar-refractivity contribution is -0.187. The molecule has 5 nitrogen and oxygen atoms in total. The standard InChI is InChI=1S/C15H27NO4/c1-18-10-6-13-5-2-3-7-16(12-13)14(17)11-15-19-8-4-9-20-15/h13,15H,2-12H2,1H3/t13-/m1/s1. The minimum Gasteiger partial charge on any atom is -0.385 e. The lowest BCUT2D eigenvalue weighted by Crippen LogP contribution is -2.38. The van der Waals surface area contributed by atoms with Crippen molar-refractivity contribution in [2.45, 2.75) is 44.8 Å². The van der Waals surface area contributed by atoms with Crippen molar-refractivity contribution in [1.29, 1.82) is 0 Å². The Morgan fingerprint density at radius 1 is 1.25 bits per heavy atom. The first-order valence-corrected chi connectivity index (χ1v) is 7.79. The van der Waals surface area contributed by atoms with E-state index >= 15 is 0 Å². The lowest BCUT2D eigenvalue weighted by atomic mass is 10.00. The topological polar surface area (TPSA) is 48.0 Å². The molecule has 116 valence electrons. The molecule has 0 saturated carbocycles. The molecule has 2 fully saturated rings. The molecule has 0 aromatic heterocycles. The van der Waals surface area contributed by atoms with E-state index < -0.39 is 0 Å². The van der Waals surface area contributed by atoms with Gasteiger partial charge in [-0.15, -0.1) is 0 Å². The van der Waals surface area contributed by atoms with Crippen LogP contribution in [0.15, 0.2) is 0 Å². The summed E-state index contributed by atoms with van der Waals surface area (Å²) in [5.74, 6) is 0.732. The van der Waals surface area contributed by atoms with Gasteiger partial charge in [-0.3, -0.25) is 4.79 Å². The SMILES string of the molecule is COCC[C@H]1CCCCN(C(=O)CC2OCCCO2)C1. The predicted octanol–water partition coefficient (Wildman–Crippen LogP) is 1.80. The Morgan fingerprint density at radius 3 is 2.80 bits per heavy atom. The van der Waals surface area contributed by atoms with Gasteiger partial charge in [-0.25, -0.2) is 0 Å². The fourth-order valence-electron chi connectivity index (χ4n) is 2.90. The van der Waals surface area contributed by atoms with Gasteiger partial charge in [0.05, 0.1) is 19.6 Å². The van der Waals surface area contributed by atoms with E-state index in [2.05, 4.69) is 0 Å². The third-order valence-electron chi connectivity index (χ3n) is 4.09. The number of rotatable bonds is 5. The second kappa shape index (κ2) is 8.60. The summed E-state index contributed by atoms with van der Waals surface area (Å²) < 4.78 is 16.1. The first kappa shape index (κ1) is 15.7. The zero-order chi connectivity index (χ0) is 14.2. The number of hydrogen-bond acceptors (Lipinski definition) is 4. The van der Waals surface area contributed by atoms with Gasteiger partial charge in [-0.1, -0.05) is 6.42 Å². The molecule has 2 aliphatic rings. The molecule has 20 heavy (non-hydrogen) atoms. The maximum Gasteiger partial charge on any atom is 0.227 e. The maximum atomic E-state index is 12.4. The Labute approximate surface area is 121 Å². The number of amides is 1. The molecular formula is C15H27NO4. The van der Waals surface area contributed by atoms with E-state index in [9.17, 15) is 4.79 Å². The normalized spacial score (nSPS) is 25.4. The van der Waals surface area contributed by atoms with Gasteiger partial charge < -0.3 is 19.1 Å². The molecule has 0 aliphatic carbocycles. The number of likely N-dealkylation sites (tertiary alicyclic amines) is 1. The van der Waals surface area contributed by atoms with Crippen LogP contribution in [0.1, 0.15) is 38.5 Å². The van der Waals surface area contributed by atoms with Gasteiger partial charge in [-0.2, -0.15) is 0 Å². The first-order chi connectivity index (χ1) is 9.79. The van der Waals surface area contributed by atoms with Crippen molar-refractivity contribution in [3.8, 4) is 0 Å².